The minimum absolute atomic E-state index is 0.232. The van der Waals surface area contributed by atoms with Crippen LogP contribution in [0.1, 0.15) is 71.2 Å². The lowest BCUT2D eigenvalue weighted by Gasteiger charge is -2.38. The fourth-order valence-corrected chi connectivity index (χ4v) is 6.83. The number of hydrogen-bond acceptors (Lipinski definition) is 3. The van der Waals surface area contributed by atoms with E-state index in [2.05, 4.69) is 42.0 Å². The molecular formula is C26H26Cl2N4O. The van der Waals surface area contributed by atoms with Crippen LogP contribution >= 0.6 is 23.2 Å². The highest BCUT2D eigenvalue weighted by Gasteiger charge is 2.46. The molecule has 5 nitrogen and oxygen atoms in total. The number of nitrogens with one attached hydrogen (secondary N) is 2. The maximum atomic E-state index is 13.4. The lowest BCUT2D eigenvalue weighted by molar-refractivity contribution is 0.0954. The molecule has 2 aromatic carbocycles. The molecule has 1 aromatic heterocycles. The molecule has 2 fully saturated rings. The average Bonchev–Trinajstić information content (AvgIpc) is 3.10. The van der Waals surface area contributed by atoms with E-state index in [1.165, 1.54) is 30.5 Å². The number of nitrogens with zero attached hydrogens (tertiary/aromatic N) is 2. The van der Waals surface area contributed by atoms with E-state index in [1.807, 2.05) is 4.68 Å². The van der Waals surface area contributed by atoms with Crippen LogP contribution in [0.3, 0.4) is 0 Å². The van der Waals surface area contributed by atoms with Gasteiger partial charge in [-0.2, -0.15) is 5.10 Å². The lowest BCUT2D eigenvalue weighted by atomic mass is 9.67. The fourth-order valence-electron chi connectivity index (χ4n) is 6.37. The van der Waals surface area contributed by atoms with Gasteiger partial charge < -0.3 is 0 Å². The van der Waals surface area contributed by atoms with Crippen molar-refractivity contribution in [3.63, 3.8) is 0 Å². The molecule has 33 heavy (non-hydrogen) atoms. The predicted molar refractivity (Wildman–Crippen MR) is 131 cm³/mol. The van der Waals surface area contributed by atoms with Crippen LogP contribution in [-0.2, 0) is 0 Å². The second kappa shape index (κ2) is 8.07. The first-order valence-corrected chi connectivity index (χ1v) is 12.4. The maximum absolute atomic E-state index is 13.4. The third kappa shape index (κ3) is 3.71. The summed E-state index contributed by atoms with van der Waals surface area (Å²) in [5.74, 6) is 2.14. The van der Waals surface area contributed by atoms with Crippen molar-refractivity contribution in [3.05, 3.63) is 75.0 Å². The van der Waals surface area contributed by atoms with Crippen molar-refractivity contribution in [2.75, 3.05) is 5.43 Å². The van der Waals surface area contributed by atoms with Crippen LogP contribution in [0, 0.1) is 18.8 Å². The van der Waals surface area contributed by atoms with Gasteiger partial charge in [-0.1, -0.05) is 40.9 Å². The standard InChI is InChI=1S/C26H26Cl2N4O/c1-14-2-5-20(6-3-14)32-25-18-11-15-8-16(12-18)10-17(9-15)23(25)24(31-32)26(33)30-29-22-7-4-19(27)13-21(22)28/h2-7,13,15-18,29H,8-12H2,1H3,(H,30,33). The highest BCUT2D eigenvalue weighted by molar-refractivity contribution is 6.36. The molecule has 1 heterocycles. The van der Waals surface area contributed by atoms with Gasteiger partial charge in [-0.15, -0.1) is 0 Å². The Hall–Kier alpha value is -2.50. The lowest BCUT2D eigenvalue weighted by Crippen LogP contribution is -2.31. The molecule has 7 heteroatoms. The molecule has 0 spiro atoms. The Morgan fingerprint density at radius 2 is 1.67 bits per heavy atom. The molecule has 4 aliphatic rings. The molecular weight excluding hydrogens is 455 g/mol. The summed E-state index contributed by atoms with van der Waals surface area (Å²) in [7, 11) is 0. The molecule has 2 N–H and O–H groups in total. The van der Waals surface area contributed by atoms with Gasteiger partial charge in [0.1, 0.15) is 0 Å². The first kappa shape index (κ1) is 21.1. The van der Waals surface area contributed by atoms with Crippen molar-refractivity contribution in [1.29, 1.82) is 0 Å². The van der Waals surface area contributed by atoms with E-state index >= 15 is 0 Å². The van der Waals surface area contributed by atoms with Gasteiger partial charge in [-0.05, 0) is 87.1 Å². The van der Waals surface area contributed by atoms with Gasteiger partial charge in [0.15, 0.2) is 5.69 Å². The summed E-state index contributed by atoms with van der Waals surface area (Å²) < 4.78 is 2.05. The predicted octanol–water partition coefficient (Wildman–Crippen LogP) is 6.64. The summed E-state index contributed by atoms with van der Waals surface area (Å²) in [6, 6.07) is 13.5. The second-order valence-corrected chi connectivity index (χ2v) is 10.7. The van der Waals surface area contributed by atoms with E-state index in [0.29, 0.717) is 33.3 Å². The van der Waals surface area contributed by atoms with Crippen LogP contribution in [0.5, 0.6) is 0 Å². The van der Waals surface area contributed by atoms with Gasteiger partial charge >= 0.3 is 0 Å². The molecule has 2 atom stereocenters. The van der Waals surface area contributed by atoms with Gasteiger partial charge in [0.25, 0.3) is 5.91 Å². The molecule has 0 radical (unpaired) electrons. The van der Waals surface area contributed by atoms with E-state index in [1.54, 1.807) is 18.2 Å². The largest absolute Gasteiger partial charge is 0.297 e. The highest BCUT2D eigenvalue weighted by atomic mass is 35.5. The van der Waals surface area contributed by atoms with Crippen molar-refractivity contribution in [1.82, 2.24) is 15.2 Å². The second-order valence-electron chi connectivity index (χ2n) is 9.90. The number of carbonyl (C=O) groups is 1. The fraction of sp³-hybridized carbons (Fsp3) is 0.385. The summed E-state index contributed by atoms with van der Waals surface area (Å²) in [6.07, 6.45) is 6.08. The molecule has 4 aliphatic carbocycles. The van der Waals surface area contributed by atoms with Gasteiger partial charge in [-0.25, -0.2) is 4.68 Å². The Balaban J connectivity index is 1.40. The summed E-state index contributed by atoms with van der Waals surface area (Å²) in [6.45, 7) is 2.08. The molecule has 0 aliphatic heterocycles. The van der Waals surface area contributed by atoms with Crippen molar-refractivity contribution in [2.24, 2.45) is 11.8 Å². The first-order valence-electron chi connectivity index (χ1n) is 11.7. The van der Waals surface area contributed by atoms with Crippen LogP contribution in [-0.4, -0.2) is 15.7 Å². The average molecular weight is 481 g/mol. The summed E-state index contributed by atoms with van der Waals surface area (Å²) in [4.78, 5) is 13.4. The molecule has 2 saturated carbocycles. The van der Waals surface area contributed by atoms with Gasteiger partial charge in [0.2, 0.25) is 0 Å². The number of benzene rings is 2. The zero-order valence-corrected chi connectivity index (χ0v) is 20.0. The SMILES string of the molecule is Cc1ccc(-n2nc(C(=O)NNc3ccc(Cl)cc3Cl)c3c2C2CC4CC(CC3C4)C2)cc1. The van der Waals surface area contributed by atoms with Gasteiger partial charge in [-0.3, -0.25) is 15.6 Å². The van der Waals surface area contributed by atoms with E-state index in [4.69, 9.17) is 28.3 Å². The third-order valence-corrected chi connectivity index (χ3v) is 8.18. The maximum Gasteiger partial charge on any atom is 0.290 e. The van der Waals surface area contributed by atoms with Crippen LogP contribution in [0.4, 0.5) is 5.69 Å². The number of carbonyl (C=O) groups excluding carboxylic acids is 1. The topological polar surface area (TPSA) is 59.0 Å². The zero-order chi connectivity index (χ0) is 22.7. The van der Waals surface area contributed by atoms with E-state index in [9.17, 15) is 4.79 Å². The number of hydrazine groups is 1. The zero-order valence-electron chi connectivity index (χ0n) is 18.4. The van der Waals surface area contributed by atoms with Crippen LogP contribution < -0.4 is 10.9 Å². The van der Waals surface area contributed by atoms with Crippen molar-refractivity contribution < 1.29 is 4.79 Å². The Morgan fingerprint density at radius 3 is 2.36 bits per heavy atom. The van der Waals surface area contributed by atoms with Crippen molar-refractivity contribution >= 4 is 34.8 Å². The molecule has 170 valence electrons. The molecule has 4 bridgehead atoms. The molecule has 3 aromatic rings. The molecule has 0 saturated heterocycles. The Labute approximate surface area is 203 Å². The smallest absolute Gasteiger partial charge is 0.290 e. The number of anilines is 1. The van der Waals surface area contributed by atoms with Crippen LogP contribution in [0.25, 0.3) is 5.69 Å². The van der Waals surface area contributed by atoms with Crippen molar-refractivity contribution in [3.8, 4) is 5.69 Å². The summed E-state index contributed by atoms with van der Waals surface area (Å²) >= 11 is 12.3. The quantitative estimate of drug-likeness (QED) is 0.411. The normalized spacial score (nSPS) is 24.9. The number of rotatable bonds is 4. The van der Waals surface area contributed by atoms with Gasteiger partial charge in [0, 0.05) is 16.5 Å². The molecule has 1 amide bonds. The van der Waals surface area contributed by atoms with Gasteiger partial charge in [0.05, 0.1) is 22.1 Å². The summed E-state index contributed by atoms with van der Waals surface area (Å²) in [5, 5.41) is 5.91. The monoisotopic (exact) mass is 480 g/mol. The van der Waals surface area contributed by atoms with Crippen LogP contribution in [0.2, 0.25) is 10.0 Å². The summed E-state index contributed by atoms with van der Waals surface area (Å²) in [5.41, 5.74) is 11.5. The van der Waals surface area contributed by atoms with E-state index in [0.717, 1.165) is 35.9 Å². The number of hydrogen-bond donors (Lipinski definition) is 2. The third-order valence-electron chi connectivity index (χ3n) is 7.63. The first-order chi connectivity index (χ1) is 16.0. The Kier molecular flexibility index (Phi) is 5.15. The Bertz CT molecular complexity index is 1220. The number of aryl methyl sites for hydroxylation is 1. The number of amides is 1. The minimum Gasteiger partial charge on any atom is -0.297 e. The molecule has 7 rings (SSSR count). The number of aromatic nitrogens is 2. The minimum atomic E-state index is -0.232. The van der Waals surface area contributed by atoms with Crippen molar-refractivity contribution in [2.45, 2.75) is 50.9 Å². The van der Waals surface area contributed by atoms with E-state index in [-0.39, 0.29) is 5.91 Å². The Morgan fingerprint density at radius 1 is 0.970 bits per heavy atom. The highest BCUT2D eigenvalue weighted by Crippen LogP contribution is 2.57. The molecule has 2 unspecified atom stereocenters. The van der Waals surface area contributed by atoms with E-state index < -0.39 is 0 Å². The van der Waals surface area contributed by atoms with Crippen LogP contribution in [0.15, 0.2) is 42.5 Å². The number of halogens is 2.